The van der Waals surface area contributed by atoms with Crippen LogP contribution < -0.4 is 15.8 Å². The number of rotatable bonds is 12. The third-order valence-corrected chi connectivity index (χ3v) is 9.67. The van der Waals surface area contributed by atoms with Crippen LogP contribution in [0.2, 0.25) is 0 Å². The maximum Gasteiger partial charge on any atom is 0.242 e. The average Bonchev–Trinajstić information content (AvgIpc) is 3.78. The Bertz CT molecular complexity index is 1100. The number of carbonyl (C=O) groups excluding carboxylic acids is 3. The van der Waals surface area contributed by atoms with Gasteiger partial charge in [-0.25, -0.2) is 8.42 Å². The van der Waals surface area contributed by atoms with E-state index in [1.807, 2.05) is 30.3 Å². The van der Waals surface area contributed by atoms with Gasteiger partial charge in [-0.2, -0.15) is 0 Å². The number of likely N-dealkylation sites (tertiary alicyclic amines) is 1. The van der Waals surface area contributed by atoms with Gasteiger partial charge in [0.25, 0.3) is 0 Å². The van der Waals surface area contributed by atoms with Gasteiger partial charge >= 0.3 is 0 Å². The number of nitrogens with zero attached hydrogens (tertiary/aromatic N) is 1. The van der Waals surface area contributed by atoms with Gasteiger partial charge in [0.05, 0.1) is 11.3 Å². The van der Waals surface area contributed by atoms with Gasteiger partial charge in [0.15, 0.2) is 0 Å². The third-order valence-electron chi connectivity index (χ3n) is 7.49. The number of carbonyl (C=O) groups is 3. The zero-order valence-electron chi connectivity index (χ0n) is 22.5. The predicted molar refractivity (Wildman–Crippen MR) is 148 cm³/mol. The van der Waals surface area contributed by atoms with E-state index in [9.17, 15) is 22.8 Å². The van der Waals surface area contributed by atoms with Crippen molar-refractivity contribution in [2.75, 3.05) is 18.4 Å². The lowest BCUT2D eigenvalue weighted by Crippen LogP contribution is -2.45. The SMILES string of the molecule is CCCCC/C=C\C1C[C@@H]1C(=O)NS(=O)(=O)C1(C)CC1.NC(=O)[C@@H]1CCCN1C(=O)CNc1ccccc1. The number of hydrogen-bond acceptors (Lipinski definition) is 6. The lowest BCUT2D eigenvalue weighted by Gasteiger charge is -2.22. The number of nitrogens with two attached hydrogens (primary N) is 1. The number of para-hydroxylation sites is 1. The molecule has 10 heteroatoms. The minimum absolute atomic E-state index is 0.0832. The van der Waals surface area contributed by atoms with Crippen LogP contribution in [-0.2, 0) is 24.4 Å². The molecule has 1 unspecified atom stereocenters. The van der Waals surface area contributed by atoms with Gasteiger partial charge in [0, 0.05) is 18.2 Å². The monoisotopic (exact) mass is 546 g/mol. The number of sulfonamides is 1. The Morgan fingerprint density at radius 1 is 1.16 bits per heavy atom. The quantitative estimate of drug-likeness (QED) is 0.272. The van der Waals surface area contributed by atoms with Crippen LogP contribution in [0.4, 0.5) is 5.69 Å². The molecule has 1 aliphatic heterocycles. The van der Waals surface area contributed by atoms with Gasteiger partial charge in [-0.3, -0.25) is 19.1 Å². The first kappa shape index (κ1) is 29.7. The van der Waals surface area contributed by atoms with Crippen molar-refractivity contribution in [2.45, 2.75) is 82.4 Å². The van der Waals surface area contributed by atoms with Crippen molar-refractivity contribution < 1.29 is 22.8 Å². The summed E-state index contributed by atoms with van der Waals surface area (Å²) in [6, 6.07) is 9.06. The molecule has 3 aliphatic rings. The van der Waals surface area contributed by atoms with Crippen LogP contribution in [0.5, 0.6) is 0 Å². The topological polar surface area (TPSA) is 139 Å². The zero-order chi connectivity index (χ0) is 27.8. The molecule has 1 saturated heterocycles. The number of anilines is 1. The summed E-state index contributed by atoms with van der Waals surface area (Å²) < 4.78 is 25.4. The Morgan fingerprint density at radius 2 is 1.87 bits per heavy atom. The minimum Gasteiger partial charge on any atom is -0.376 e. The van der Waals surface area contributed by atoms with Gasteiger partial charge in [0.1, 0.15) is 6.04 Å². The van der Waals surface area contributed by atoms with Gasteiger partial charge in [-0.15, -0.1) is 0 Å². The molecule has 0 spiro atoms. The first-order valence-corrected chi connectivity index (χ1v) is 15.2. The second kappa shape index (κ2) is 13.3. The van der Waals surface area contributed by atoms with E-state index in [1.165, 1.54) is 19.3 Å². The Balaban J connectivity index is 0.000000212. The fourth-order valence-electron chi connectivity index (χ4n) is 4.48. The highest BCUT2D eigenvalue weighted by Crippen LogP contribution is 2.44. The number of amides is 3. The molecule has 1 aromatic carbocycles. The zero-order valence-corrected chi connectivity index (χ0v) is 23.3. The number of unbranched alkanes of at least 4 members (excludes halogenated alkanes) is 3. The normalized spacial score (nSPS) is 23.3. The first-order chi connectivity index (χ1) is 18.1. The number of nitrogens with one attached hydrogen (secondary N) is 2. The van der Waals surface area contributed by atoms with E-state index in [0.29, 0.717) is 25.8 Å². The van der Waals surface area contributed by atoms with E-state index in [-0.39, 0.29) is 30.2 Å². The minimum atomic E-state index is -3.47. The predicted octanol–water partition coefficient (Wildman–Crippen LogP) is 3.33. The second-order valence-electron chi connectivity index (χ2n) is 10.7. The first-order valence-electron chi connectivity index (χ1n) is 13.7. The third kappa shape index (κ3) is 8.31. The number of hydrogen-bond donors (Lipinski definition) is 3. The molecule has 38 heavy (non-hydrogen) atoms. The maximum absolute atomic E-state index is 12.0. The number of benzene rings is 1. The largest absolute Gasteiger partial charge is 0.376 e. The Hall–Kier alpha value is -2.88. The van der Waals surface area contributed by atoms with Gasteiger partial charge in [-0.05, 0) is 69.9 Å². The summed E-state index contributed by atoms with van der Waals surface area (Å²) >= 11 is 0. The molecule has 0 radical (unpaired) electrons. The second-order valence-corrected chi connectivity index (χ2v) is 12.9. The molecule has 3 fully saturated rings. The molecular formula is C28H42N4O5S. The van der Waals surface area contributed by atoms with Crippen LogP contribution in [0, 0.1) is 11.8 Å². The number of allylic oxidation sites excluding steroid dienone is 2. The summed E-state index contributed by atoms with van der Waals surface area (Å²) in [6.07, 6.45) is 12.5. The number of primary amides is 1. The molecule has 4 rings (SSSR count). The van der Waals surface area contributed by atoms with Crippen molar-refractivity contribution in [1.82, 2.24) is 9.62 Å². The van der Waals surface area contributed by atoms with E-state index in [1.54, 1.807) is 11.8 Å². The molecule has 1 heterocycles. The van der Waals surface area contributed by atoms with Crippen LogP contribution in [0.25, 0.3) is 0 Å². The molecule has 9 nitrogen and oxygen atoms in total. The molecule has 4 N–H and O–H groups in total. The Labute approximate surface area is 226 Å². The van der Waals surface area contributed by atoms with Crippen molar-refractivity contribution in [3.8, 4) is 0 Å². The average molecular weight is 547 g/mol. The fraction of sp³-hybridized carbons (Fsp3) is 0.607. The highest BCUT2D eigenvalue weighted by atomic mass is 32.2. The van der Waals surface area contributed by atoms with Crippen LogP contribution >= 0.6 is 0 Å². The summed E-state index contributed by atoms with van der Waals surface area (Å²) in [7, 11) is -3.47. The summed E-state index contributed by atoms with van der Waals surface area (Å²) in [5.41, 5.74) is 6.17. The Morgan fingerprint density at radius 3 is 2.50 bits per heavy atom. The standard InChI is InChI=1S/C15H25NO3S.C13H17N3O2/c1-3-4-5-6-7-8-12-11-13(12)14(17)16-20(18,19)15(2)9-10-15;14-13(18)11-7-4-8-16(11)12(17)9-15-10-5-2-1-3-6-10/h7-8,12-13H,3-6,9-11H2,1-2H3,(H,16,17);1-3,5-6,11,15H,4,7-9H2,(H2,14,18)/b8-7-;/t12?,13-;11-/m00/s1. The highest BCUT2D eigenvalue weighted by molar-refractivity contribution is 7.91. The molecule has 0 bridgehead atoms. The van der Waals surface area contributed by atoms with Crippen molar-refractivity contribution in [2.24, 2.45) is 17.6 Å². The van der Waals surface area contributed by atoms with Crippen LogP contribution in [0.3, 0.4) is 0 Å². The van der Waals surface area contributed by atoms with E-state index in [2.05, 4.69) is 29.1 Å². The van der Waals surface area contributed by atoms with Crippen molar-refractivity contribution in [1.29, 1.82) is 0 Å². The lowest BCUT2D eigenvalue weighted by atomic mass is 10.2. The summed E-state index contributed by atoms with van der Waals surface area (Å²) in [5.74, 6) is -0.726. The molecule has 2 saturated carbocycles. The van der Waals surface area contributed by atoms with E-state index < -0.39 is 26.7 Å². The summed E-state index contributed by atoms with van der Waals surface area (Å²) in [4.78, 5) is 36.7. The fourth-order valence-corrected chi connectivity index (χ4v) is 5.79. The van der Waals surface area contributed by atoms with Crippen molar-refractivity contribution in [3.05, 3.63) is 42.5 Å². The van der Waals surface area contributed by atoms with E-state index in [0.717, 1.165) is 24.9 Å². The Kier molecular flexibility index (Phi) is 10.4. The summed E-state index contributed by atoms with van der Waals surface area (Å²) in [5, 5.41) is 3.04. The molecule has 3 amide bonds. The molecule has 0 aromatic heterocycles. The molecular weight excluding hydrogens is 504 g/mol. The molecule has 3 atom stereocenters. The smallest absolute Gasteiger partial charge is 0.242 e. The maximum atomic E-state index is 12.0. The molecule has 1 aromatic rings. The van der Waals surface area contributed by atoms with Crippen LogP contribution in [0.15, 0.2) is 42.5 Å². The van der Waals surface area contributed by atoms with Gasteiger partial charge in [0.2, 0.25) is 27.7 Å². The van der Waals surface area contributed by atoms with Crippen LogP contribution in [-0.4, -0.2) is 54.9 Å². The van der Waals surface area contributed by atoms with E-state index in [4.69, 9.17) is 5.73 Å². The van der Waals surface area contributed by atoms with Crippen molar-refractivity contribution >= 4 is 33.4 Å². The highest BCUT2D eigenvalue weighted by Gasteiger charge is 2.52. The van der Waals surface area contributed by atoms with Gasteiger partial charge < -0.3 is 16.0 Å². The lowest BCUT2D eigenvalue weighted by molar-refractivity contribution is -0.135. The molecule has 210 valence electrons. The van der Waals surface area contributed by atoms with Gasteiger partial charge in [-0.1, -0.05) is 50.1 Å². The molecule has 2 aliphatic carbocycles. The van der Waals surface area contributed by atoms with E-state index >= 15 is 0 Å². The summed E-state index contributed by atoms with van der Waals surface area (Å²) in [6.45, 7) is 4.67. The van der Waals surface area contributed by atoms with Crippen LogP contribution in [0.1, 0.15) is 71.6 Å². The van der Waals surface area contributed by atoms with Crippen molar-refractivity contribution in [3.63, 3.8) is 0 Å².